The van der Waals surface area contributed by atoms with Gasteiger partial charge >= 0.3 is 5.97 Å². The Morgan fingerprint density at radius 2 is 1.71 bits per heavy atom. The first-order chi connectivity index (χ1) is 11.6. The van der Waals surface area contributed by atoms with Crippen LogP contribution < -0.4 is 0 Å². The van der Waals surface area contributed by atoms with E-state index < -0.39 is 11.6 Å². The zero-order valence-electron chi connectivity index (χ0n) is 14.7. The summed E-state index contributed by atoms with van der Waals surface area (Å²) in [5.41, 5.74) is -0.511. The molecule has 0 aromatic heterocycles. The standard InChI is InChI=1S/C20H31ClO3/c21-18-17(22)14-20(24-19(18)23,16-11-4-5-12-16)13-7-6-10-15-8-2-1-3-9-15/h15-16,22H,1-14H2. The van der Waals surface area contributed by atoms with E-state index in [2.05, 4.69) is 0 Å². The number of esters is 1. The third-order valence-electron chi connectivity index (χ3n) is 6.48. The molecule has 0 saturated heterocycles. The molecule has 4 heteroatoms. The van der Waals surface area contributed by atoms with Crippen LogP contribution in [0, 0.1) is 11.8 Å². The van der Waals surface area contributed by atoms with Crippen molar-refractivity contribution in [3.63, 3.8) is 0 Å². The number of carbonyl (C=O) groups excluding carboxylic acids is 1. The van der Waals surface area contributed by atoms with E-state index in [9.17, 15) is 9.90 Å². The first-order valence-electron chi connectivity index (χ1n) is 9.92. The molecule has 3 rings (SSSR count). The molecule has 1 aliphatic heterocycles. The smallest absolute Gasteiger partial charge is 0.353 e. The Morgan fingerprint density at radius 1 is 1.04 bits per heavy atom. The number of unbranched alkanes of at least 4 members (excludes halogenated alkanes) is 1. The average molecular weight is 355 g/mol. The molecule has 3 nitrogen and oxygen atoms in total. The lowest BCUT2D eigenvalue weighted by atomic mass is 9.77. The first-order valence-corrected chi connectivity index (χ1v) is 10.3. The minimum atomic E-state index is -0.528. The highest BCUT2D eigenvalue weighted by Crippen LogP contribution is 2.46. The summed E-state index contributed by atoms with van der Waals surface area (Å²) >= 11 is 5.87. The third kappa shape index (κ3) is 4.09. The van der Waals surface area contributed by atoms with Gasteiger partial charge in [-0.25, -0.2) is 4.79 Å². The second-order valence-corrected chi connectivity index (χ2v) is 8.50. The highest BCUT2D eigenvalue weighted by atomic mass is 35.5. The van der Waals surface area contributed by atoms with Crippen molar-refractivity contribution < 1.29 is 14.6 Å². The summed E-state index contributed by atoms with van der Waals surface area (Å²) in [6.07, 6.45) is 16.4. The number of carbonyl (C=O) groups is 1. The number of ether oxygens (including phenoxy) is 1. The molecule has 2 fully saturated rings. The Balaban J connectivity index is 1.58. The molecule has 0 aromatic rings. The maximum Gasteiger partial charge on any atom is 0.353 e. The molecule has 136 valence electrons. The summed E-state index contributed by atoms with van der Waals surface area (Å²) in [4.78, 5) is 12.1. The first kappa shape index (κ1) is 18.1. The molecule has 3 aliphatic rings. The second kappa shape index (κ2) is 8.12. The van der Waals surface area contributed by atoms with E-state index in [4.69, 9.17) is 16.3 Å². The van der Waals surface area contributed by atoms with Crippen molar-refractivity contribution >= 4 is 17.6 Å². The molecule has 0 aromatic carbocycles. The molecule has 2 saturated carbocycles. The van der Waals surface area contributed by atoms with E-state index >= 15 is 0 Å². The molecule has 0 amide bonds. The lowest BCUT2D eigenvalue weighted by Gasteiger charge is -2.41. The van der Waals surface area contributed by atoms with Crippen LogP contribution in [-0.2, 0) is 9.53 Å². The number of cyclic esters (lactones) is 1. The summed E-state index contributed by atoms with van der Waals surface area (Å²) in [6, 6.07) is 0. The van der Waals surface area contributed by atoms with Gasteiger partial charge in [0.05, 0.1) is 0 Å². The van der Waals surface area contributed by atoms with Crippen molar-refractivity contribution in [3.8, 4) is 0 Å². The van der Waals surface area contributed by atoms with Crippen LogP contribution in [0.3, 0.4) is 0 Å². The van der Waals surface area contributed by atoms with Gasteiger partial charge in [0.1, 0.15) is 11.4 Å². The molecule has 1 unspecified atom stereocenters. The number of rotatable bonds is 6. The van der Waals surface area contributed by atoms with Gasteiger partial charge in [0.2, 0.25) is 0 Å². The summed E-state index contributed by atoms with van der Waals surface area (Å²) in [7, 11) is 0. The number of hydrogen-bond donors (Lipinski definition) is 1. The Kier molecular flexibility index (Phi) is 6.12. The molecule has 0 bridgehead atoms. The fourth-order valence-corrected chi connectivity index (χ4v) is 5.21. The van der Waals surface area contributed by atoms with E-state index in [1.54, 1.807) is 0 Å². The lowest BCUT2D eigenvalue weighted by Crippen LogP contribution is -2.45. The average Bonchev–Trinajstić information content (AvgIpc) is 3.13. The van der Waals surface area contributed by atoms with Crippen LogP contribution in [-0.4, -0.2) is 16.7 Å². The van der Waals surface area contributed by atoms with Crippen LogP contribution >= 0.6 is 11.6 Å². The van der Waals surface area contributed by atoms with Crippen LogP contribution in [0.2, 0.25) is 0 Å². The Labute approximate surface area is 150 Å². The number of aliphatic hydroxyl groups is 1. The van der Waals surface area contributed by atoms with Gasteiger partial charge in [0, 0.05) is 6.42 Å². The van der Waals surface area contributed by atoms with Crippen molar-refractivity contribution in [2.75, 3.05) is 0 Å². The maximum absolute atomic E-state index is 12.1. The second-order valence-electron chi connectivity index (χ2n) is 8.12. The number of hydrogen-bond acceptors (Lipinski definition) is 3. The fraction of sp³-hybridized carbons (Fsp3) is 0.850. The van der Waals surface area contributed by atoms with E-state index in [0.717, 1.165) is 31.6 Å². The van der Waals surface area contributed by atoms with Crippen molar-refractivity contribution in [1.29, 1.82) is 0 Å². The minimum Gasteiger partial charge on any atom is -0.510 e. The Hall–Kier alpha value is -0.700. The zero-order chi connectivity index (χ0) is 17.0. The SMILES string of the molecule is O=C1OC(CCCCC2CCCCC2)(C2CCCC2)CC(O)=C1Cl. The van der Waals surface area contributed by atoms with E-state index in [0.29, 0.717) is 12.3 Å². The number of halogens is 1. The van der Waals surface area contributed by atoms with Crippen LogP contribution in [0.25, 0.3) is 0 Å². The molecular weight excluding hydrogens is 324 g/mol. The third-order valence-corrected chi connectivity index (χ3v) is 6.85. The van der Waals surface area contributed by atoms with Crippen molar-refractivity contribution in [3.05, 3.63) is 10.8 Å². The van der Waals surface area contributed by atoms with Crippen LogP contribution in [0.1, 0.15) is 89.9 Å². The molecule has 0 spiro atoms. The topological polar surface area (TPSA) is 46.5 Å². The molecule has 2 aliphatic carbocycles. The predicted octanol–water partition coefficient (Wildman–Crippen LogP) is 6.01. The van der Waals surface area contributed by atoms with Crippen LogP contribution in [0.4, 0.5) is 0 Å². The molecule has 1 N–H and O–H groups in total. The van der Waals surface area contributed by atoms with Crippen LogP contribution in [0.5, 0.6) is 0 Å². The largest absolute Gasteiger partial charge is 0.510 e. The van der Waals surface area contributed by atoms with E-state index in [1.807, 2.05) is 0 Å². The van der Waals surface area contributed by atoms with Gasteiger partial charge < -0.3 is 9.84 Å². The van der Waals surface area contributed by atoms with Crippen LogP contribution in [0.15, 0.2) is 10.8 Å². The Morgan fingerprint density at radius 3 is 2.38 bits per heavy atom. The van der Waals surface area contributed by atoms with Crippen molar-refractivity contribution in [2.24, 2.45) is 11.8 Å². The zero-order valence-corrected chi connectivity index (χ0v) is 15.5. The summed E-state index contributed by atoms with van der Waals surface area (Å²) in [5.74, 6) is 0.785. The van der Waals surface area contributed by atoms with E-state index in [-0.39, 0.29) is 10.8 Å². The van der Waals surface area contributed by atoms with Crippen molar-refractivity contribution in [2.45, 2.75) is 95.5 Å². The molecule has 24 heavy (non-hydrogen) atoms. The molecule has 1 atom stereocenters. The van der Waals surface area contributed by atoms with Gasteiger partial charge in [-0.2, -0.15) is 0 Å². The van der Waals surface area contributed by atoms with Gasteiger partial charge in [0.15, 0.2) is 5.03 Å². The highest BCUT2D eigenvalue weighted by molar-refractivity contribution is 6.41. The monoisotopic (exact) mass is 354 g/mol. The van der Waals surface area contributed by atoms with Crippen molar-refractivity contribution in [1.82, 2.24) is 0 Å². The predicted molar refractivity (Wildman–Crippen MR) is 95.9 cm³/mol. The molecular formula is C20H31ClO3. The summed E-state index contributed by atoms with van der Waals surface area (Å²) in [6.45, 7) is 0. The number of aliphatic hydroxyl groups excluding tert-OH is 1. The summed E-state index contributed by atoms with van der Waals surface area (Å²) < 4.78 is 5.84. The lowest BCUT2D eigenvalue weighted by molar-refractivity contribution is -0.166. The Bertz CT molecular complexity index is 475. The molecule has 1 heterocycles. The van der Waals surface area contributed by atoms with Gasteiger partial charge in [0.25, 0.3) is 0 Å². The minimum absolute atomic E-state index is 0.0343. The van der Waals surface area contributed by atoms with Gasteiger partial charge in [-0.05, 0) is 37.5 Å². The van der Waals surface area contributed by atoms with E-state index in [1.165, 1.54) is 57.8 Å². The highest BCUT2D eigenvalue weighted by Gasteiger charge is 2.47. The normalized spacial score (nSPS) is 30.0. The fourth-order valence-electron chi connectivity index (χ4n) is 5.10. The molecule has 0 radical (unpaired) electrons. The van der Waals surface area contributed by atoms with Gasteiger partial charge in [-0.15, -0.1) is 0 Å². The maximum atomic E-state index is 12.1. The quantitative estimate of drug-likeness (QED) is 0.469. The van der Waals surface area contributed by atoms with Gasteiger partial charge in [-0.3, -0.25) is 0 Å². The van der Waals surface area contributed by atoms with Gasteiger partial charge in [-0.1, -0.05) is 69.4 Å². The summed E-state index contributed by atoms with van der Waals surface area (Å²) in [5, 5.41) is 10.0.